The van der Waals surface area contributed by atoms with Crippen molar-refractivity contribution >= 4 is 23.2 Å². The summed E-state index contributed by atoms with van der Waals surface area (Å²) in [4.78, 5) is 24.6. The van der Waals surface area contributed by atoms with E-state index in [-0.39, 0.29) is 18.2 Å². The second-order valence-electron chi connectivity index (χ2n) is 4.07. The molecule has 0 aliphatic carbocycles. The maximum atomic E-state index is 11.8. The molecular weight excluding hydrogens is 218 g/mol. The highest BCUT2D eigenvalue weighted by Crippen LogP contribution is 2.30. The molecule has 1 aromatic carbocycles. The van der Waals surface area contributed by atoms with Gasteiger partial charge in [-0.05, 0) is 12.1 Å². The maximum Gasteiger partial charge on any atom is 0.227 e. The summed E-state index contributed by atoms with van der Waals surface area (Å²) in [6.45, 7) is 0.368. The highest BCUT2D eigenvalue weighted by Gasteiger charge is 2.34. The first-order valence-corrected chi connectivity index (χ1v) is 5.50. The predicted octanol–water partition coefficient (Wildman–Crippen LogP) is 0.566. The number of nitrogens with zero attached hydrogens (tertiary/aromatic N) is 1. The van der Waals surface area contributed by atoms with Gasteiger partial charge in [-0.3, -0.25) is 9.59 Å². The summed E-state index contributed by atoms with van der Waals surface area (Å²) in [5.41, 5.74) is 6.90. The van der Waals surface area contributed by atoms with Gasteiger partial charge in [0, 0.05) is 20.0 Å². The molecule has 5 nitrogen and oxygen atoms in total. The molecule has 0 saturated carbocycles. The maximum absolute atomic E-state index is 11.8. The number of rotatable bonds is 3. The van der Waals surface area contributed by atoms with Gasteiger partial charge >= 0.3 is 0 Å². The first kappa shape index (κ1) is 11.4. The van der Waals surface area contributed by atoms with Crippen LogP contribution in [0.3, 0.4) is 0 Å². The van der Waals surface area contributed by atoms with E-state index >= 15 is 0 Å². The summed E-state index contributed by atoms with van der Waals surface area (Å²) in [5.74, 6) is -0.855. The number of carbonyl (C=O) groups excluding carboxylic acids is 2. The van der Waals surface area contributed by atoms with Gasteiger partial charge in [-0.15, -0.1) is 0 Å². The standard InChI is InChI=1S/C12H15N3O2/c1-14-9-4-2-3-5-10(9)15-7-8(12(13)17)6-11(15)16/h2-5,8,14H,6-7H2,1H3,(H2,13,17). The average Bonchev–Trinajstić information content (AvgIpc) is 2.71. The number of nitrogens with one attached hydrogen (secondary N) is 1. The van der Waals surface area contributed by atoms with Crippen LogP contribution in [0.4, 0.5) is 11.4 Å². The van der Waals surface area contributed by atoms with Gasteiger partial charge in [0.05, 0.1) is 17.3 Å². The molecule has 0 bridgehead atoms. The number of carbonyl (C=O) groups is 2. The van der Waals surface area contributed by atoms with Crippen LogP contribution in [0.2, 0.25) is 0 Å². The zero-order chi connectivity index (χ0) is 12.4. The molecule has 1 fully saturated rings. The van der Waals surface area contributed by atoms with Crippen molar-refractivity contribution in [2.45, 2.75) is 6.42 Å². The van der Waals surface area contributed by atoms with Crippen LogP contribution in [0, 0.1) is 5.92 Å². The second kappa shape index (κ2) is 4.45. The van der Waals surface area contributed by atoms with Crippen molar-refractivity contribution in [3.8, 4) is 0 Å². The highest BCUT2D eigenvalue weighted by atomic mass is 16.2. The van der Waals surface area contributed by atoms with Crippen molar-refractivity contribution in [1.82, 2.24) is 0 Å². The van der Waals surface area contributed by atoms with E-state index in [9.17, 15) is 9.59 Å². The van der Waals surface area contributed by atoms with E-state index < -0.39 is 5.91 Å². The molecular formula is C12H15N3O2. The molecule has 0 aromatic heterocycles. The Morgan fingerprint density at radius 1 is 1.47 bits per heavy atom. The highest BCUT2D eigenvalue weighted by molar-refractivity contribution is 6.02. The van der Waals surface area contributed by atoms with Gasteiger partial charge in [0.1, 0.15) is 0 Å². The number of para-hydroxylation sites is 2. The molecule has 5 heteroatoms. The Labute approximate surface area is 99.6 Å². The quantitative estimate of drug-likeness (QED) is 0.801. The minimum atomic E-state index is -0.414. The second-order valence-corrected chi connectivity index (χ2v) is 4.07. The molecule has 1 aliphatic heterocycles. The first-order chi connectivity index (χ1) is 8.13. The molecule has 1 aliphatic rings. The van der Waals surface area contributed by atoms with Crippen LogP contribution >= 0.6 is 0 Å². The van der Waals surface area contributed by atoms with E-state index in [0.717, 1.165) is 11.4 Å². The molecule has 1 unspecified atom stereocenters. The topological polar surface area (TPSA) is 75.4 Å². The lowest BCUT2D eigenvalue weighted by Crippen LogP contribution is -2.28. The van der Waals surface area contributed by atoms with E-state index in [4.69, 9.17) is 5.73 Å². The van der Waals surface area contributed by atoms with Crippen molar-refractivity contribution in [3.05, 3.63) is 24.3 Å². The molecule has 2 rings (SSSR count). The van der Waals surface area contributed by atoms with Crippen LogP contribution in [-0.4, -0.2) is 25.4 Å². The van der Waals surface area contributed by atoms with Crippen LogP contribution in [0.15, 0.2) is 24.3 Å². The number of hydrogen-bond acceptors (Lipinski definition) is 3. The molecule has 0 radical (unpaired) electrons. The largest absolute Gasteiger partial charge is 0.386 e. The minimum absolute atomic E-state index is 0.0588. The van der Waals surface area contributed by atoms with Crippen molar-refractivity contribution < 1.29 is 9.59 Å². The number of hydrogen-bond donors (Lipinski definition) is 2. The Balaban J connectivity index is 2.29. The third-order valence-electron chi connectivity index (χ3n) is 2.99. The van der Waals surface area contributed by atoms with Crippen LogP contribution in [0.25, 0.3) is 0 Å². The van der Waals surface area contributed by atoms with Crippen molar-refractivity contribution in [3.63, 3.8) is 0 Å². The number of primary amides is 1. The Morgan fingerprint density at radius 2 is 2.18 bits per heavy atom. The zero-order valence-corrected chi connectivity index (χ0v) is 9.64. The summed E-state index contributed by atoms with van der Waals surface area (Å²) in [5, 5.41) is 3.03. The molecule has 1 aromatic rings. The lowest BCUT2D eigenvalue weighted by molar-refractivity contribution is -0.123. The van der Waals surface area contributed by atoms with Crippen LogP contribution < -0.4 is 16.0 Å². The fourth-order valence-electron chi connectivity index (χ4n) is 2.05. The van der Waals surface area contributed by atoms with Crippen LogP contribution in [0.5, 0.6) is 0 Å². The van der Waals surface area contributed by atoms with Gasteiger partial charge in [-0.25, -0.2) is 0 Å². The normalized spacial score (nSPS) is 19.5. The summed E-state index contributed by atoms with van der Waals surface area (Å²) in [7, 11) is 1.80. The van der Waals surface area contributed by atoms with E-state index in [0.29, 0.717) is 6.54 Å². The smallest absolute Gasteiger partial charge is 0.227 e. The lowest BCUT2D eigenvalue weighted by Gasteiger charge is -2.19. The van der Waals surface area contributed by atoms with Crippen LogP contribution in [0.1, 0.15) is 6.42 Å². The van der Waals surface area contributed by atoms with Gasteiger partial charge in [0.15, 0.2) is 0 Å². The summed E-state index contributed by atoms with van der Waals surface area (Å²) < 4.78 is 0. The third kappa shape index (κ3) is 2.08. The van der Waals surface area contributed by atoms with Gasteiger partial charge < -0.3 is 16.0 Å². The Bertz CT molecular complexity index is 459. The molecule has 3 N–H and O–H groups in total. The van der Waals surface area contributed by atoms with E-state index in [2.05, 4.69) is 5.32 Å². The van der Waals surface area contributed by atoms with Crippen LogP contribution in [-0.2, 0) is 9.59 Å². The van der Waals surface area contributed by atoms with Gasteiger partial charge in [0.2, 0.25) is 11.8 Å². The minimum Gasteiger partial charge on any atom is -0.386 e. The summed E-state index contributed by atoms with van der Waals surface area (Å²) in [6, 6.07) is 7.50. The Kier molecular flexibility index (Phi) is 2.99. The number of anilines is 2. The first-order valence-electron chi connectivity index (χ1n) is 5.50. The van der Waals surface area contributed by atoms with E-state index in [1.165, 1.54) is 0 Å². The van der Waals surface area contributed by atoms with E-state index in [1.807, 2.05) is 24.3 Å². The zero-order valence-electron chi connectivity index (χ0n) is 9.64. The van der Waals surface area contributed by atoms with Gasteiger partial charge in [0.25, 0.3) is 0 Å². The van der Waals surface area contributed by atoms with Crippen molar-refractivity contribution in [2.75, 3.05) is 23.8 Å². The van der Waals surface area contributed by atoms with Gasteiger partial charge in [-0.2, -0.15) is 0 Å². The van der Waals surface area contributed by atoms with Crippen molar-refractivity contribution in [2.24, 2.45) is 11.7 Å². The number of benzene rings is 1. The van der Waals surface area contributed by atoms with Crippen molar-refractivity contribution in [1.29, 1.82) is 0 Å². The fourth-order valence-corrected chi connectivity index (χ4v) is 2.05. The van der Waals surface area contributed by atoms with Gasteiger partial charge in [-0.1, -0.05) is 12.1 Å². The molecule has 90 valence electrons. The monoisotopic (exact) mass is 233 g/mol. The Hall–Kier alpha value is -2.04. The summed E-state index contributed by atoms with van der Waals surface area (Å²) >= 11 is 0. The van der Waals surface area contributed by atoms with E-state index in [1.54, 1.807) is 11.9 Å². The number of nitrogens with two attached hydrogens (primary N) is 1. The molecule has 1 saturated heterocycles. The molecule has 0 spiro atoms. The average molecular weight is 233 g/mol. The molecule has 2 amide bonds. The molecule has 17 heavy (non-hydrogen) atoms. The number of amides is 2. The molecule has 1 heterocycles. The Morgan fingerprint density at radius 3 is 2.76 bits per heavy atom. The third-order valence-corrected chi connectivity index (χ3v) is 2.99. The lowest BCUT2D eigenvalue weighted by atomic mass is 10.1. The summed E-state index contributed by atoms with van der Waals surface area (Å²) in [6.07, 6.45) is 0.202. The predicted molar refractivity (Wildman–Crippen MR) is 65.6 cm³/mol. The SMILES string of the molecule is CNc1ccccc1N1CC(C(N)=O)CC1=O. The molecule has 1 atom stereocenters. The fraction of sp³-hybridized carbons (Fsp3) is 0.333.